The first kappa shape index (κ1) is 19.9. The quantitative estimate of drug-likeness (QED) is 0.483. The van der Waals surface area contributed by atoms with Crippen molar-refractivity contribution < 1.29 is 22.7 Å². The van der Waals surface area contributed by atoms with Gasteiger partial charge in [0.2, 0.25) is 5.88 Å². The summed E-state index contributed by atoms with van der Waals surface area (Å²) in [5.41, 5.74) is 0.0472. The number of hydrogen-bond acceptors (Lipinski definition) is 6. The largest absolute Gasteiger partial charge is 0.439 e. The Morgan fingerprint density at radius 1 is 1.06 bits per heavy atom. The molecule has 0 bridgehead atoms. The Balaban J connectivity index is 1.33. The van der Waals surface area contributed by atoms with E-state index in [0.717, 1.165) is 24.2 Å². The zero-order valence-corrected chi connectivity index (χ0v) is 16.5. The van der Waals surface area contributed by atoms with Gasteiger partial charge in [-0.25, -0.2) is 9.97 Å². The molecule has 1 aromatic carbocycles. The Bertz CT molecular complexity index is 1300. The van der Waals surface area contributed by atoms with Crippen LogP contribution in [0.1, 0.15) is 21.9 Å². The van der Waals surface area contributed by atoms with E-state index in [1.807, 2.05) is 4.57 Å². The summed E-state index contributed by atoms with van der Waals surface area (Å²) in [6.45, 7) is 1.53. The van der Waals surface area contributed by atoms with E-state index >= 15 is 0 Å². The number of carbonyl (C=O) groups is 1. The van der Waals surface area contributed by atoms with Gasteiger partial charge in [0.25, 0.3) is 5.91 Å². The van der Waals surface area contributed by atoms with Gasteiger partial charge < -0.3 is 14.2 Å². The normalized spacial score (nSPS) is 13.8. The molecule has 0 N–H and O–H groups in total. The maximum atomic E-state index is 12.9. The fourth-order valence-electron chi connectivity index (χ4n) is 3.42. The van der Waals surface area contributed by atoms with E-state index in [2.05, 4.69) is 20.2 Å². The Kier molecular flexibility index (Phi) is 4.72. The molecular formula is C21H15F3N6O2. The molecule has 1 amide bonds. The minimum atomic E-state index is -4.46. The van der Waals surface area contributed by atoms with Crippen LogP contribution in [0.4, 0.5) is 13.2 Å². The lowest BCUT2D eigenvalue weighted by Crippen LogP contribution is -2.38. The summed E-state index contributed by atoms with van der Waals surface area (Å²) in [4.78, 5) is 22.7. The van der Waals surface area contributed by atoms with Crippen LogP contribution in [0.2, 0.25) is 0 Å². The van der Waals surface area contributed by atoms with E-state index < -0.39 is 11.7 Å². The van der Waals surface area contributed by atoms with E-state index in [0.29, 0.717) is 42.0 Å². The second kappa shape index (κ2) is 7.59. The summed E-state index contributed by atoms with van der Waals surface area (Å²) in [7, 11) is 0. The van der Waals surface area contributed by atoms with Crippen LogP contribution in [0, 0.1) is 0 Å². The summed E-state index contributed by atoms with van der Waals surface area (Å²) in [5, 5.41) is 8.59. The van der Waals surface area contributed by atoms with Crippen LogP contribution in [0.3, 0.4) is 0 Å². The highest BCUT2D eigenvalue weighted by Gasteiger charge is 2.30. The topological polar surface area (TPSA) is 86.0 Å². The Morgan fingerprint density at radius 2 is 1.94 bits per heavy atom. The van der Waals surface area contributed by atoms with Crippen molar-refractivity contribution >= 4 is 16.8 Å². The molecule has 162 valence electrons. The van der Waals surface area contributed by atoms with Crippen LogP contribution in [-0.4, -0.2) is 42.1 Å². The van der Waals surface area contributed by atoms with E-state index in [9.17, 15) is 18.0 Å². The fourth-order valence-corrected chi connectivity index (χ4v) is 3.42. The monoisotopic (exact) mass is 440 g/mol. The number of nitrogens with zero attached hydrogens (tertiary/aromatic N) is 6. The molecule has 1 aliphatic rings. The van der Waals surface area contributed by atoms with Crippen molar-refractivity contribution in [1.82, 2.24) is 29.6 Å². The fraction of sp³-hybridized carbons (Fsp3) is 0.190. The maximum absolute atomic E-state index is 12.9. The summed E-state index contributed by atoms with van der Waals surface area (Å²) in [6, 6.07) is 10.4. The first-order valence-corrected chi connectivity index (χ1v) is 9.65. The molecular weight excluding hydrogens is 425 g/mol. The number of rotatable bonds is 3. The lowest BCUT2D eigenvalue weighted by molar-refractivity contribution is -0.137. The third-order valence-corrected chi connectivity index (χ3v) is 5.09. The predicted octanol–water partition coefficient (Wildman–Crippen LogP) is 3.69. The molecule has 0 saturated heterocycles. The summed E-state index contributed by atoms with van der Waals surface area (Å²) < 4.78 is 45.4. The lowest BCUT2D eigenvalue weighted by atomic mass is 10.2. The molecule has 0 radical (unpaired) electrons. The average Bonchev–Trinajstić information content (AvgIpc) is 3.26. The number of pyridine rings is 2. The number of benzene rings is 1. The third-order valence-electron chi connectivity index (χ3n) is 5.09. The van der Waals surface area contributed by atoms with Crippen LogP contribution < -0.4 is 4.74 Å². The van der Waals surface area contributed by atoms with Crippen LogP contribution >= 0.6 is 0 Å². The lowest BCUT2D eigenvalue weighted by Gasteiger charge is -2.26. The third kappa shape index (κ3) is 3.84. The number of hydrogen-bond donors (Lipinski definition) is 0. The van der Waals surface area contributed by atoms with Gasteiger partial charge in [-0.3, -0.25) is 4.79 Å². The van der Waals surface area contributed by atoms with Crippen LogP contribution in [0.5, 0.6) is 11.6 Å². The minimum absolute atomic E-state index is 0.0371. The molecule has 4 aromatic rings. The standard InChI is InChI=1S/C21H15F3N6O2/c22-21(23,24)14-2-6-19(25-10-14)32-15-3-5-16-13(9-15)1-4-17(27-16)20(31)29-7-8-30-12-26-28-18(30)11-29/h1-6,9-10,12H,7-8,11H2. The molecule has 3 aromatic heterocycles. The van der Waals surface area contributed by atoms with Gasteiger partial charge in [0.05, 0.1) is 17.6 Å². The van der Waals surface area contributed by atoms with Gasteiger partial charge in [-0.05, 0) is 30.3 Å². The Morgan fingerprint density at radius 3 is 2.72 bits per heavy atom. The van der Waals surface area contributed by atoms with Gasteiger partial charge in [-0.15, -0.1) is 10.2 Å². The van der Waals surface area contributed by atoms with Gasteiger partial charge in [0, 0.05) is 30.7 Å². The molecule has 0 spiro atoms. The second-order valence-electron chi connectivity index (χ2n) is 7.20. The van der Waals surface area contributed by atoms with Crippen molar-refractivity contribution in [1.29, 1.82) is 0 Å². The molecule has 0 unspecified atom stereocenters. The van der Waals surface area contributed by atoms with E-state index in [1.165, 1.54) is 0 Å². The number of carbonyl (C=O) groups excluding carboxylic acids is 1. The van der Waals surface area contributed by atoms with Gasteiger partial charge >= 0.3 is 6.18 Å². The first-order chi connectivity index (χ1) is 15.4. The zero-order valence-electron chi connectivity index (χ0n) is 16.5. The molecule has 1 aliphatic heterocycles. The Labute approximate surface area is 179 Å². The molecule has 11 heteroatoms. The highest BCUT2D eigenvalue weighted by atomic mass is 19.4. The molecule has 32 heavy (non-hydrogen) atoms. The summed E-state index contributed by atoms with van der Waals surface area (Å²) >= 11 is 0. The van der Waals surface area contributed by atoms with Crippen molar-refractivity contribution in [2.24, 2.45) is 0 Å². The van der Waals surface area contributed by atoms with Crippen LogP contribution in [0.15, 0.2) is 55.0 Å². The van der Waals surface area contributed by atoms with Gasteiger partial charge in [-0.2, -0.15) is 13.2 Å². The smallest absolute Gasteiger partial charge is 0.417 e. The second-order valence-corrected chi connectivity index (χ2v) is 7.20. The molecule has 4 heterocycles. The van der Waals surface area contributed by atoms with Crippen molar-refractivity contribution in [2.75, 3.05) is 6.54 Å². The van der Waals surface area contributed by atoms with Crippen molar-refractivity contribution in [3.05, 3.63) is 72.1 Å². The van der Waals surface area contributed by atoms with Gasteiger partial charge in [0.1, 0.15) is 17.8 Å². The van der Waals surface area contributed by atoms with E-state index in [1.54, 1.807) is 41.6 Å². The number of amides is 1. The zero-order chi connectivity index (χ0) is 22.3. The summed E-state index contributed by atoms with van der Waals surface area (Å²) in [5.74, 6) is 0.954. The Hall–Kier alpha value is -4.02. The van der Waals surface area contributed by atoms with Crippen molar-refractivity contribution in [3.63, 3.8) is 0 Å². The molecule has 5 rings (SSSR count). The number of halogens is 3. The number of fused-ring (bicyclic) bond motifs is 2. The molecule has 0 saturated carbocycles. The van der Waals surface area contributed by atoms with Crippen LogP contribution in [0.25, 0.3) is 10.9 Å². The molecule has 0 atom stereocenters. The number of aromatic nitrogens is 5. The van der Waals surface area contributed by atoms with Crippen molar-refractivity contribution in [3.8, 4) is 11.6 Å². The summed E-state index contributed by atoms with van der Waals surface area (Å²) in [6.07, 6.45) is -2.09. The van der Waals surface area contributed by atoms with E-state index in [4.69, 9.17) is 4.74 Å². The van der Waals surface area contributed by atoms with Crippen molar-refractivity contribution in [2.45, 2.75) is 19.3 Å². The highest BCUT2D eigenvalue weighted by molar-refractivity contribution is 5.95. The minimum Gasteiger partial charge on any atom is -0.439 e. The highest BCUT2D eigenvalue weighted by Crippen LogP contribution is 2.30. The molecule has 8 nitrogen and oxygen atoms in total. The van der Waals surface area contributed by atoms with Crippen LogP contribution in [-0.2, 0) is 19.3 Å². The SMILES string of the molecule is O=C(c1ccc2cc(Oc3ccc(C(F)(F)F)cn3)ccc2n1)N1CCn2cnnc2C1. The molecule has 0 aliphatic carbocycles. The first-order valence-electron chi connectivity index (χ1n) is 9.65. The van der Waals surface area contributed by atoms with E-state index in [-0.39, 0.29) is 11.8 Å². The predicted molar refractivity (Wildman–Crippen MR) is 106 cm³/mol. The number of alkyl halides is 3. The number of ether oxygens (including phenoxy) is 1. The average molecular weight is 440 g/mol. The van der Waals surface area contributed by atoms with Gasteiger partial charge in [0.15, 0.2) is 5.82 Å². The maximum Gasteiger partial charge on any atom is 0.417 e. The van der Waals surface area contributed by atoms with Gasteiger partial charge in [-0.1, -0.05) is 6.07 Å². The molecule has 0 fully saturated rings.